The molecule has 2 N–H and O–H groups in total. The highest BCUT2D eigenvalue weighted by Gasteiger charge is 2.26. The summed E-state index contributed by atoms with van der Waals surface area (Å²) in [5, 5.41) is 16.6. The van der Waals surface area contributed by atoms with Gasteiger partial charge in [-0.15, -0.1) is 0 Å². The van der Waals surface area contributed by atoms with Gasteiger partial charge in [-0.25, -0.2) is 4.79 Å². The van der Waals surface area contributed by atoms with E-state index in [0.29, 0.717) is 33.1 Å². The first-order valence-corrected chi connectivity index (χ1v) is 12.2. The molecular formula is C28H25ClN4O6. The number of ketones is 1. The van der Waals surface area contributed by atoms with Gasteiger partial charge in [0.05, 0.1) is 24.6 Å². The van der Waals surface area contributed by atoms with Crippen LogP contribution in [0.25, 0.3) is 11.1 Å². The number of carboxylic acids is 1. The van der Waals surface area contributed by atoms with Crippen molar-refractivity contribution in [3.8, 4) is 16.9 Å². The summed E-state index contributed by atoms with van der Waals surface area (Å²) in [4.78, 5) is 50.4. The van der Waals surface area contributed by atoms with Crippen molar-refractivity contribution in [2.24, 2.45) is 7.05 Å². The SMILES string of the molecule is COc1cn([C@H](Cc2ccn(C)n2)C(=O)Nc2ccc(C(=O)O)cc2)c(=O)cc1-c1cc(Cl)ccc1C(C)=O. The number of amides is 1. The summed E-state index contributed by atoms with van der Waals surface area (Å²) in [6.45, 7) is 1.41. The van der Waals surface area contributed by atoms with Gasteiger partial charge < -0.3 is 15.2 Å². The number of aromatic nitrogens is 3. The predicted octanol–water partition coefficient (Wildman–Crippen LogP) is 4.23. The normalized spacial score (nSPS) is 11.6. The first-order chi connectivity index (χ1) is 18.6. The first-order valence-electron chi connectivity index (χ1n) is 11.8. The number of aryl methyl sites for hydroxylation is 1. The third kappa shape index (κ3) is 6.07. The number of hydrogen-bond acceptors (Lipinski definition) is 6. The van der Waals surface area contributed by atoms with E-state index in [4.69, 9.17) is 21.4 Å². The highest BCUT2D eigenvalue weighted by molar-refractivity contribution is 6.31. The number of Topliss-reactive ketones (excluding diaryl/α,β-unsaturated/α-hetero) is 1. The van der Waals surface area contributed by atoms with Crippen molar-refractivity contribution in [2.75, 3.05) is 12.4 Å². The molecule has 0 fully saturated rings. The second-order valence-corrected chi connectivity index (χ2v) is 9.26. The number of nitrogens with zero attached hydrogens (tertiary/aromatic N) is 3. The zero-order valence-corrected chi connectivity index (χ0v) is 22.1. The van der Waals surface area contributed by atoms with Gasteiger partial charge in [0.1, 0.15) is 11.8 Å². The Labute approximate surface area is 228 Å². The van der Waals surface area contributed by atoms with Crippen LogP contribution in [0.15, 0.2) is 71.8 Å². The molecule has 4 rings (SSSR count). The molecule has 0 unspecified atom stereocenters. The van der Waals surface area contributed by atoms with Gasteiger partial charge in [-0.2, -0.15) is 5.10 Å². The molecule has 10 nitrogen and oxygen atoms in total. The Morgan fingerprint density at radius 1 is 1.08 bits per heavy atom. The summed E-state index contributed by atoms with van der Waals surface area (Å²) in [6.07, 6.45) is 3.23. The minimum absolute atomic E-state index is 0.0699. The topological polar surface area (TPSA) is 133 Å². The van der Waals surface area contributed by atoms with Crippen LogP contribution in [0, 0.1) is 0 Å². The van der Waals surface area contributed by atoms with Crippen molar-refractivity contribution in [2.45, 2.75) is 19.4 Å². The van der Waals surface area contributed by atoms with E-state index in [1.807, 2.05) is 0 Å². The van der Waals surface area contributed by atoms with Crippen LogP contribution in [0.2, 0.25) is 5.02 Å². The molecule has 0 saturated carbocycles. The number of aromatic carboxylic acids is 1. The molecule has 4 aromatic rings. The minimum Gasteiger partial charge on any atom is -0.495 e. The Morgan fingerprint density at radius 3 is 2.38 bits per heavy atom. The maximum absolute atomic E-state index is 13.5. The Balaban J connectivity index is 1.79. The molecular weight excluding hydrogens is 524 g/mol. The van der Waals surface area contributed by atoms with Crippen LogP contribution in [0.3, 0.4) is 0 Å². The van der Waals surface area contributed by atoms with Gasteiger partial charge >= 0.3 is 5.97 Å². The van der Waals surface area contributed by atoms with E-state index >= 15 is 0 Å². The lowest BCUT2D eigenvalue weighted by Gasteiger charge is -2.21. The third-order valence-electron chi connectivity index (χ3n) is 6.12. The lowest BCUT2D eigenvalue weighted by atomic mass is 9.97. The Bertz CT molecular complexity index is 1620. The molecule has 0 spiro atoms. The fourth-order valence-electron chi connectivity index (χ4n) is 4.20. The van der Waals surface area contributed by atoms with Crippen LogP contribution in [0.4, 0.5) is 5.69 Å². The molecule has 1 amide bonds. The largest absolute Gasteiger partial charge is 0.495 e. The quantitative estimate of drug-likeness (QED) is 0.299. The summed E-state index contributed by atoms with van der Waals surface area (Å²) >= 11 is 6.20. The average molecular weight is 549 g/mol. The number of methoxy groups -OCH3 is 1. The predicted molar refractivity (Wildman–Crippen MR) is 146 cm³/mol. The molecule has 2 heterocycles. The van der Waals surface area contributed by atoms with Crippen LogP contribution in [-0.2, 0) is 18.3 Å². The van der Waals surface area contributed by atoms with E-state index < -0.39 is 23.5 Å². The molecule has 0 aliphatic rings. The minimum atomic E-state index is -1.09. The van der Waals surface area contributed by atoms with Crippen LogP contribution in [-0.4, -0.2) is 44.2 Å². The van der Waals surface area contributed by atoms with Crippen molar-refractivity contribution < 1.29 is 24.2 Å². The molecule has 0 aliphatic carbocycles. The molecule has 11 heteroatoms. The maximum Gasteiger partial charge on any atom is 0.335 e. The smallest absolute Gasteiger partial charge is 0.335 e. The molecule has 200 valence electrons. The molecule has 0 aliphatic heterocycles. The van der Waals surface area contributed by atoms with E-state index in [2.05, 4.69) is 10.4 Å². The standard InChI is InChI=1S/C28H25ClN4O6/c1-16(34)21-9-6-18(29)12-22(21)23-14-26(35)33(15-25(23)39-3)24(13-20-10-11-32(2)31-20)27(36)30-19-7-4-17(5-8-19)28(37)38/h4-12,14-15,24H,13H2,1-3H3,(H,30,36)(H,37,38)/t24-/m1/s1. The summed E-state index contributed by atoms with van der Waals surface area (Å²) in [5.41, 5.74) is 1.63. The fraction of sp³-hybridized carbons (Fsp3) is 0.179. The number of halogens is 1. The highest BCUT2D eigenvalue weighted by atomic mass is 35.5. The van der Waals surface area contributed by atoms with Gasteiger partial charge in [0.25, 0.3) is 5.56 Å². The van der Waals surface area contributed by atoms with Crippen molar-refractivity contribution in [1.29, 1.82) is 0 Å². The zero-order chi connectivity index (χ0) is 28.3. The van der Waals surface area contributed by atoms with Crippen LogP contribution >= 0.6 is 11.6 Å². The number of carbonyl (C=O) groups is 3. The number of benzene rings is 2. The number of nitrogens with one attached hydrogen (secondary N) is 1. The van der Waals surface area contributed by atoms with Crippen molar-refractivity contribution in [3.05, 3.63) is 99.2 Å². The van der Waals surface area contributed by atoms with E-state index in [1.165, 1.54) is 55.1 Å². The number of anilines is 1. The third-order valence-corrected chi connectivity index (χ3v) is 6.36. The fourth-order valence-corrected chi connectivity index (χ4v) is 4.37. The molecule has 39 heavy (non-hydrogen) atoms. The van der Waals surface area contributed by atoms with E-state index in [-0.39, 0.29) is 23.5 Å². The number of carbonyl (C=O) groups excluding carboxylic acids is 2. The first kappa shape index (κ1) is 27.3. The van der Waals surface area contributed by atoms with Gasteiger partial charge in [-0.05, 0) is 61.0 Å². The number of pyridine rings is 1. The summed E-state index contributed by atoms with van der Waals surface area (Å²) in [7, 11) is 3.16. The van der Waals surface area contributed by atoms with Crippen molar-refractivity contribution in [3.63, 3.8) is 0 Å². The summed E-state index contributed by atoms with van der Waals surface area (Å²) in [6, 6.07) is 12.4. The molecule has 2 aromatic carbocycles. The zero-order valence-electron chi connectivity index (χ0n) is 21.3. The van der Waals surface area contributed by atoms with Gasteiger partial charge in [-0.1, -0.05) is 11.6 Å². The van der Waals surface area contributed by atoms with Gasteiger partial charge in [0.2, 0.25) is 5.91 Å². The summed E-state index contributed by atoms with van der Waals surface area (Å²) in [5.74, 6) is -1.57. The number of hydrogen-bond donors (Lipinski definition) is 2. The van der Waals surface area contributed by atoms with Crippen LogP contribution < -0.4 is 15.6 Å². The van der Waals surface area contributed by atoms with Gasteiger partial charge in [0, 0.05) is 47.6 Å². The molecule has 2 aromatic heterocycles. The number of rotatable bonds is 9. The highest BCUT2D eigenvalue weighted by Crippen LogP contribution is 2.34. The van der Waals surface area contributed by atoms with E-state index in [0.717, 1.165) is 0 Å². The molecule has 0 saturated heterocycles. The maximum atomic E-state index is 13.5. The second kappa shape index (κ2) is 11.4. The Kier molecular flexibility index (Phi) is 7.96. The van der Waals surface area contributed by atoms with Crippen molar-refractivity contribution in [1.82, 2.24) is 14.3 Å². The Hall–Kier alpha value is -4.70. The van der Waals surface area contributed by atoms with E-state index in [9.17, 15) is 19.2 Å². The molecule has 0 radical (unpaired) electrons. The van der Waals surface area contributed by atoms with Crippen LogP contribution in [0.1, 0.15) is 39.4 Å². The Morgan fingerprint density at radius 2 is 1.79 bits per heavy atom. The van der Waals surface area contributed by atoms with Gasteiger partial charge in [0.15, 0.2) is 5.78 Å². The van der Waals surface area contributed by atoms with Crippen LogP contribution in [0.5, 0.6) is 5.75 Å². The summed E-state index contributed by atoms with van der Waals surface area (Å²) < 4.78 is 8.42. The lowest BCUT2D eigenvalue weighted by molar-refractivity contribution is -0.119. The number of carboxylic acid groups (broad SMARTS) is 1. The number of ether oxygens (including phenoxy) is 1. The lowest BCUT2D eigenvalue weighted by Crippen LogP contribution is -2.34. The van der Waals surface area contributed by atoms with Gasteiger partial charge in [-0.3, -0.25) is 23.6 Å². The van der Waals surface area contributed by atoms with E-state index in [1.54, 1.807) is 42.2 Å². The molecule has 1 atom stereocenters. The average Bonchev–Trinajstić information content (AvgIpc) is 3.31. The molecule has 0 bridgehead atoms. The second-order valence-electron chi connectivity index (χ2n) is 8.82. The monoisotopic (exact) mass is 548 g/mol. The van der Waals surface area contributed by atoms with Crippen molar-refractivity contribution >= 4 is 34.9 Å².